The highest BCUT2D eigenvalue weighted by molar-refractivity contribution is 5.96. The molecular formula is C10H10N2O3. The number of benzene rings is 1. The molecule has 5 heteroatoms. The van der Waals surface area contributed by atoms with E-state index in [2.05, 4.69) is 9.84 Å². The van der Waals surface area contributed by atoms with Crippen molar-refractivity contribution in [2.24, 2.45) is 7.05 Å². The maximum Gasteiger partial charge on any atom is 0.338 e. The van der Waals surface area contributed by atoms with E-state index in [1.807, 2.05) is 0 Å². The molecule has 0 radical (unpaired) electrons. The summed E-state index contributed by atoms with van der Waals surface area (Å²) in [6.07, 6.45) is 1.58. The monoisotopic (exact) mass is 206 g/mol. The number of aromatic hydroxyl groups is 1. The van der Waals surface area contributed by atoms with E-state index in [1.54, 1.807) is 24.0 Å². The number of aryl methyl sites for hydroxylation is 1. The van der Waals surface area contributed by atoms with Crippen molar-refractivity contribution < 1.29 is 14.6 Å². The van der Waals surface area contributed by atoms with Gasteiger partial charge in [0.25, 0.3) is 0 Å². The molecule has 0 aliphatic rings. The fraction of sp³-hybridized carbons (Fsp3) is 0.200. The number of hydrogen-bond acceptors (Lipinski definition) is 4. The van der Waals surface area contributed by atoms with Gasteiger partial charge in [-0.15, -0.1) is 0 Å². The summed E-state index contributed by atoms with van der Waals surface area (Å²) in [4.78, 5) is 11.3. The van der Waals surface area contributed by atoms with E-state index in [0.29, 0.717) is 16.5 Å². The first-order valence-electron chi connectivity index (χ1n) is 4.36. The number of ether oxygens (including phenoxy) is 1. The molecule has 15 heavy (non-hydrogen) atoms. The average Bonchev–Trinajstić information content (AvgIpc) is 2.59. The Kier molecular flexibility index (Phi) is 2.07. The molecule has 2 rings (SSSR count). The molecule has 78 valence electrons. The molecular weight excluding hydrogens is 196 g/mol. The Morgan fingerprint density at radius 3 is 2.93 bits per heavy atom. The van der Waals surface area contributed by atoms with Crippen LogP contribution >= 0.6 is 0 Å². The van der Waals surface area contributed by atoms with Crippen LogP contribution in [0.5, 0.6) is 5.75 Å². The van der Waals surface area contributed by atoms with Gasteiger partial charge in [0.05, 0.1) is 18.9 Å². The van der Waals surface area contributed by atoms with E-state index in [-0.39, 0.29) is 5.75 Å². The second kappa shape index (κ2) is 3.27. The summed E-state index contributed by atoms with van der Waals surface area (Å²) in [7, 11) is 3.02. The third-order valence-electron chi connectivity index (χ3n) is 2.23. The number of aromatic nitrogens is 2. The van der Waals surface area contributed by atoms with Gasteiger partial charge in [-0.1, -0.05) is 0 Å². The van der Waals surface area contributed by atoms with Gasteiger partial charge in [-0.3, -0.25) is 4.68 Å². The quantitative estimate of drug-likeness (QED) is 0.709. The standard InChI is InChI=1S/C10H10N2O3/c1-12-9-7(5-11-12)3-6(4-8(9)13)10(14)15-2/h3-5,13H,1-2H3. The normalized spacial score (nSPS) is 10.5. The van der Waals surface area contributed by atoms with E-state index < -0.39 is 5.97 Å². The number of rotatable bonds is 1. The molecule has 0 fully saturated rings. The van der Waals surface area contributed by atoms with Crippen molar-refractivity contribution in [3.63, 3.8) is 0 Å². The molecule has 1 N–H and O–H groups in total. The molecule has 0 atom stereocenters. The molecule has 0 amide bonds. The molecule has 5 nitrogen and oxygen atoms in total. The van der Waals surface area contributed by atoms with Gasteiger partial charge >= 0.3 is 5.97 Å². The maximum atomic E-state index is 11.3. The van der Waals surface area contributed by atoms with Crippen molar-refractivity contribution in [2.45, 2.75) is 0 Å². The van der Waals surface area contributed by atoms with E-state index >= 15 is 0 Å². The van der Waals surface area contributed by atoms with Crippen LogP contribution in [0.25, 0.3) is 10.9 Å². The van der Waals surface area contributed by atoms with E-state index in [4.69, 9.17) is 0 Å². The third-order valence-corrected chi connectivity index (χ3v) is 2.23. The van der Waals surface area contributed by atoms with Crippen molar-refractivity contribution in [2.75, 3.05) is 7.11 Å². The van der Waals surface area contributed by atoms with Gasteiger partial charge in [0.1, 0.15) is 11.3 Å². The largest absolute Gasteiger partial charge is 0.506 e. The SMILES string of the molecule is COC(=O)c1cc(O)c2c(cnn2C)c1. The zero-order valence-electron chi connectivity index (χ0n) is 8.39. The summed E-state index contributed by atoms with van der Waals surface area (Å²) in [6.45, 7) is 0. The summed E-state index contributed by atoms with van der Waals surface area (Å²) in [5.74, 6) is -0.455. The predicted molar refractivity (Wildman–Crippen MR) is 53.7 cm³/mol. The summed E-state index contributed by atoms with van der Waals surface area (Å²) < 4.78 is 6.12. The number of methoxy groups -OCH3 is 1. The summed E-state index contributed by atoms with van der Waals surface area (Å²) in [5.41, 5.74) is 0.915. The Morgan fingerprint density at radius 2 is 2.27 bits per heavy atom. The second-order valence-corrected chi connectivity index (χ2v) is 3.19. The van der Waals surface area contributed by atoms with E-state index in [0.717, 1.165) is 0 Å². The van der Waals surface area contributed by atoms with Gasteiger partial charge in [0.15, 0.2) is 0 Å². The van der Waals surface area contributed by atoms with E-state index in [9.17, 15) is 9.90 Å². The minimum absolute atomic E-state index is 0.0212. The van der Waals surface area contributed by atoms with Crippen LogP contribution in [0, 0.1) is 0 Å². The average molecular weight is 206 g/mol. The molecule has 1 aromatic carbocycles. The van der Waals surface area contributed by atoms with Crippen molar-refractivity contribution >= 4 is 16.9 Å². The molecule has 0 spiro atoms. The van der Waals surface area contributed by atoms with Crippen LogP contribution in [-0.4, -0.2) is 28.0 Å². The Morgan fingerprint density at radius 1 is 1.53 bits per heavy atom. The lowest BCUT2D eigenvalue weighted by Gasteiger charge is -2.02. The number of carbonyl (C=O) groups excluding carboxylic acids is 1. The smallest absolute Gasteiger partial charge is 0.338 e. The highest BCUT2D eigenvalue weighted by atomic mass is 16.5. The Balaban J connectivity index is 2.68. The molecule has 2 aromatic rings. The first kappa shape index (κ1) is 9.51. The number of carbonyl (C=O) groups is 1. The first-order valence-corrected chi connectivity index (χ1v) is 4.36. The fourth-order valence-electron chi connectivity index (χ4n) is 1.53. The molecule has 0 bridgehead atoms. The summed E-state index contributed by atoms with van der Waals surface area (Å²) >= 11 is 0. The highest BCUT2D eigenvalue weighted by Gasteiger charge is 2.12. The molecule has 1 aromatic heterocycles. The van der Waals surface area contributed by atoms with Gasteiger partial charge in [-0.05, 0) is 12.1 Å². The summed E-state index contributed by atoms with van der Waals surface area (Å²) in [5, 5.41) is 14.4. The number of phenols is 1. The summed E-state index contributed by atoms with van der Waals surface area (Å²) in [6, 6.07) is 3.00. The minimum Gasteiger partial charge on any atom is -0.506 e. The predicted octanol–water partition coefficient (Wildman–Crippen LogP) is 1.07. The Bertz CT molecular complexity index is 531. The van der Waals surface area contributed by atoms with Crippen LogP contribution in [0.2, 0.25) is 0 Å². The zero-order valence-corrected chi connectivity index (χ0v) is 8.39. The lowest BCUT2D eigenvalue weighted by molar-refractivity contribution is 0.0600. The zero-order chi connectivity index (χ0) is 11.0. The van der Waals surface area contributed by atoms with Crippen LogP contribution in [0.3, 0.4) is 0 Å². The molecule has 0 unspecified atom stereocenters. The lowest BCUT2D eigenvalue weighted by atomic mass is 10.1. The fourth-order valence-corrected chi connectivity index (χ4v) is 1.53. The highest BCUT2D eigenvalue weighted by Crippen LogP contribution is 2.25. The van der Waals surface area contributed by atoms with Crippen molar-refractivity contribution in [1.82, 2.24) is 9.78 Å². The molecule has 0 aliphatic carbocycles. The van der Waals surface area contributed by atoms with Crippen molar-refractivity contribution in [1.29, 1.82) is 0 Å². The van der Waals surface area contributed by atoms with Gasteiger partial charge in [-0.25, -0.2) is 4.79 Å². The van der Waals surface area contributed by atoms with Crippen LogP contribution in [-0.2, 0) is 11.8 Å². The van der Waals surface area contributed by atoms with Crippen LogP contribution in [0.15, 0.2) is 18.3 Å². The number of fused-ring (bicyclic) bond motifs is 1. The van der Waals surface area contributed by atoms with Gasteiger partial charge in [0, 0.05) is 12.4 Å². The molecule has 1 heterocycles. The number of hydrogen-bond donors (Lipinski definition) is 1. The number of phenolic OH excluding ortho intramolecular Hbond substituents is 1. The Labute approximate surface area is 85.9 Å². The minimum atomic E-state index is -0.476. The molecule has 0 aliphatic heterocycles. The maximum absolute atomic E-state index is 11.3. The first-order chi connectivity index (χ1) is 7.13. The van der Waals surface area contributed by atoms with E-state index in [1.165, 1.54) is 13.2 Å². The van der Waals surface area contributed by atoms with Gasteiger partial charge in [-0.2, -0.15) is 5.10 Å². The third kappa shape index (κ3) is 1.41. The van der Waals surface area contributed by atoms with Crippen LogP contribution in [0.4, 0.5) is 0 Å². The van der Waals surface area contributed by atoms with Crippen molar-refractivity contribution in [3.8, 4) is 5.75 Å². The topological polar surface area (TPSA) is 64.3 Å². The Hall–Kier alpha value is -2.04. The van der Waals surface area contributed by atoms with Gasteiger partial charge < -0.3 is 9.84 Å². The lowest BCUT2D eigenvalue weighted by Crippen LogP contribution is -2.00. The number of esters is 1. The number of nitrogens with zero attached hydrogens (tertiary/aromatic N) is 2. The second-order valence-electron chi connectivity index (χ2n) is 3.19. The van der Waals surface area contributed by atoms with Crippen LogP contribution in [0.1, 0.15) is 10.4 Å². The molecule has 0 saturated heterocycles. The van der Waals surface area contributed by atoms with Crippen LogP contribution < -0.4 is 0 Å². The van der Waals surface area contributed by atoms with Gasteiger partial charge in [0.2, 0.25) is 0 Å². The van der Waals surface area contributed by atoms with Crippen molar-refractivity contribution in [3.05, 3.63) is 23.9 Å². The molecule has 0 saturated carbocycles.